The molecule has 10 nitrogen and oxygen atoms in total. The molecule has 0 saturated carbocycles. The van der Waals surface area contributed by atoms with Crippen molar-refractivity contribution in [3.05, 3.63) is 0 Å². The van der Waals surface area contributed by atoms with Gasteiger partial charge in [0.2, 0.25) is 0 Å². The van der Waals surface area contributed by atoms with Crippen molar-refractivity contribution in [3.8, 4) is 0 Å². The van der Waals surface area contributed by atoms with E-state index in [1.165, 1.54) is 0 Å². The lowest BCUT2D eigenvalue weighted by molar-refractivity contribution is -0.157. The maximum atomic E-state index is 12.3. The first-order valence-corrected chi connectivity index (χ1v) is 15.3. The molecule has 42 heavy (non-hydrogen) atoms. The van der Waals surface area contributed by atoms with Crippen molar-refractivity contribution in [1.29, 1.82) is 0 Å². The number of rotatable bonds is 17. The molecular weight excluding hydrogens is 540 g/mol. The Bertz CT molecular complexity index is 711. The van der Waals surface area contributed by atoms with Crippen molar-refractivity contribution in [2.24, 2.45) is 0 Å². The highest BCUT2D eigenvalue weighted by molar-refractivity contribution is 5.71. The van der Waals surface area contributed by atoms with Crippen LogP contribution >= 0.6 is 0 Å². The van der Waals surface area contributed by atoms with E-state index in [-0.39, 0.29) is 49.6 Å². The Balaban J connectivity index is 5.13. The van der Waals surface area contributed by atoms with E-state index in [1.807, 2.05) is 83.1 Å². The standard InChI is InChI=1S/C32H60N2O8/c1-29(2,3)39-25(35)15-21-33(22-16-26(36)40-30(4,5)6)19-13-14-20-34(23-17-27(37)41-31(7,8)9)24-18-28(38)42-32(10,11)12/h13-24H2,1-12H3. The molecule has 0 spiro atoms. The van der Waals surface area contributed by atoms with Crippen molar-refractivity contribution < 1.29 is 38.1 Å². The highest BCUT2D eigenvalue weighted by Gasteiger charge is 2.22. The molecule has 0 aliphatic heterocycles. The number of nitrogens with zero attached hydrogens (tertiary/aromatic N) is 2. The van der Waals surface area contributed by atoms with Crippen molar-refractivity contribution in [2.75, 3.05) is 39.3 Å². The van der Waals surface area contributed by atoms with Gasteiger partial charge in [0, 0.05) is 26.2 Å². The fourth-order valence-electron chi connectivity index (χ4n) is 3.91. The van der Waals surface area contributed by atoms with Crippen molar-refractivity contribution in [1.82, 2.24) is 9.80 Å². The highest BCUT2D eigenvalue weighted by Crippen LogP contribution is 2.13. The molecule has 0 aliphatic carbocycles. The molecule has 0 aromatic rings. The van der Waals surface area contributed by atoms with Gasteiger partial charge in [0.1, 0.15) is 22.4 Å². The molecule has 0 aromatic carbocycles. The SMILES string of the molecule is CC(C)(C)OC(=O)CCN(CCCCN(CCC(=O)OC(C)(C)C)CCC(=O)OC(C)(C)C)CCC(=O)OC(C)(C)C. The summed E-state index contributed by atoms with van der Waals surface area (Å²) in [6.45, 7) is 25.3. The molecule has 0 fully saturated rings. The van der Waals surface area contributed by atoms with Gasteiger partial charge >= 0.3 is 23.9 Å². The molecular formula is C32H60N2O8. The normalized spacial score (nSPS) is 12.8. The van der Waals surface area contributed by atoms with Crippen LogP contribution in [0.2, 0.25) is 0 Å². The molecule has 0 atom stereocenters. The number of ether oxygens (including phenoxy) is 4. The Labute approximate surface area is 255 Å². The van der Waals surface area contributed by atoms with E-state index in [4.69, 9.17) is 18.9 Å². The smallest absolute Gasteiger partial charge is 0.307 e. The first-order valence-electron chi connectivity index (χ1n) is 15.3. The Kier molecular flexibility index (Phi) is 16.9. The van der Waals surface area contributed by atoms with Crippen LogP contribution in [0.5, 0.6) is 0 Å². The van der Waals surface area contributed by atoms with Crippen LogP contribution in [0.25, 0.3) is 0 Å². The maximum Gasteiger partial charge on any atom is 0.307 e. The van der Waals surface area contributed by atoms with Gasteiger partial charge in [-0.1, -0.05) is 0 Å². The fraction of sp³-hybridized carbons (Fsp3) is 0.875. The van der Waals surface area contributed by atoms with E-state index in [0.717, 1.165) is 12.8 Å². The topological polar surface area (TPSA) is 112 Å². The third kappa shape index (κ3) is 25.5. The third-order valence-corrected chi connectivity index (χ3v) is 5.41. The van der Waals surface area contributed by atoms with Gasteiger partial charge in [-0.15, -0.1) is 0 Å². The van der Waals surface area contributed by atoms with Gasteiger partial charge in [0.15, 0.2) is 0 Å². The Morgan fingerprint density at radius 1 is 0.381 bits per heavy atom. The summed E-state index contributed by atoms with van der Waals surface area (Å²) in [4.78, 5) is 53.4. The molecule has 0 N–H and O–H groups in total. The Hall–Kier alpha value is -2.20. The highest BCUT2D eigenvalue weighted by atomic mass is 16.6. The van der Waals surface area contributed by atoms with E-state index in [0.29, 0.717) is 39.3 Å². The van der Waals surface area contributed by atoms with Crippen LogP contribution in [-0.4, -0.2) is 95.3 Å². The van der Waals surface area contributed by atoms with Crippen LogP contribution in [0.4, 0.5) is 0 Å². The maximum absolute atomic E-state index is 12.3. The number of hydrogen-bond acceptors (Lipinski definition) is 10. The molecule has 0 saturated heterocycles. The van der Waals surface area contributed by atoms with Crippen LogP contribution < -0.4 is 0 Å². The van der Waals surface area contributed by atoms with Crippen LogP contribution in [-0.2, 0) is 38.1 Å². The molecule has 0 rings (SSSR count). The molecule has 0 heterocycles. The average Bonchev–Trinajstić information content (AvgIpc) is 2.74. The summed E-state index contributed by atoms with van der Waals surface area (Å²) in [6.07, 6.45) is 2.51. The summed E-state index contributed by atoms with van der Waals surface area (Å²) in [5.74, 6) is -1.11. The van der Waals surface area contributed by atoms with Gasteiger partial charge in [-0.05, 0) is 109 Å². The second-order valence-corrected chi connectivity index (χ2v) is 14.7. The van der Waals surface area contributed by atoms with Gasteiger partial charge in [-0.3, -0.25) is 19.2 Å². The molecule has 246 valence electrons. The number of esters is 4. The van der Waals surface area contributed by atoms with E-state index in [9.17, 15) is 19.2 Å². The summed E-state index contributed by atoms with van der Waals surface area (Å²) in [5, 5.41) is 0. The summed E-state index contributed by atoms with van der Waals surface area (Å²) in [7, 11) is 0. The van der Waals surface area contributed by atoms with Crippen LogP contribution in [0.15, 0.2) is 0 Å². The van der Waals surface area contributed by atoms with Crippen molar-refractivity contribution in [2.45, 2.75) is 144 Å². The lowest BCUT2D eigenvalue weighted by atomic mass is 10.2. The number of unbranched alkanes of at least 4 members (excludes halogenated alkanes) is 1. The monoisotopic (exact) mass is 600 g/mol. The number of carbonyl (C=O) groups is 4. The van der Waals surface area contributed by atoms with E-state index >= 15 is 0 Å². The first kappa shape index (κ1) is 39.8. The largest absolute Gasteiger partial charge is 0.460 e. The van der Waals surface area contributed by atoms with Crippen LogP contribution in [0.3, 0.4) is 0 Å². The number of hydrogen-bond donors (Lipinski definition) is 0. The summed E-state index contributed by atoms with van der Waals surface area (Å²) >= 11 is 0. The second-order valence-electron chi connectivity index (χ2n) is 14.7. The third-order valence-electron chi connectivity index (χ3n) is 5.41. The molecule has 10 heteroatoms. The average molecular weight is 601 g/mol. The van der Waals surface area contributed by atoms with Gasteiger partial charge in [-0.2, -0.15) is 0 Å². The predicted molar refractivity (Wildman–Crippen MR) is 164 cm³/mol. The van der Waals surface area contributed by atoms with Gasteiger partial charge in [-0.25, -0.2) is 0 Å². The van der Waals surface area contributed by atoms with E-state index in [1.54, 1.807) is 0 Å². The minimum absolute atomic E-state index is 0.226. The zero-order chi connectivity index (χ0) is 32.8. The second kappa shape index (κ2) is 17.8. The van der Waals surface area contributed by atoms with Crippen LogP contribution in [0, 0.1) is 0 Å². The van der Waals surface area contributed by atoms with Crippen molar-refractivity contribution >= 4 is 23.9 Å². The number of carbonyl (C=O) groups excluding carboxylic acids is 4. The summed E-state index contributed by atoms with van der Waals surface area (Å²) in [5.41, 5.74) is -2.22. The molecule has 0 aromatic heterocycles. The lowest BCUT2D eigenvalue weighted by Gasteiger charge is -2.26. The molecule has 0 unspecified atom stereocenters. The molecule has 0 radical (unpaired) electrons. The van der Waals surface area contributed by atoms with Crippen molar-refractivity contribution in [3.63, 3.8) is 0 Å². The summed E-state index contributed by atoms with van der Waals surface area (Å²) in [6, 6.07) is 0. The quantitative estimate of drug-likeness (QED) is 0.124. The first-order chi connectivity index (χ1) is 18.9. The van der Waals surface area contributed by atoms with Gasteiger partial charge in [0.25, 0.3) is 0 Å². The van der Waals surface area contributed by atoms with E-state index in [2.05, 4.69) is 9.80 Å². The molecule has 0 bridgehead atoms. The minimum Gasteiger partial charge on any atom is -0.460 e. The molecule has 0 amide bonds. The predicted octanol–water partition coefficient (Wildman–Crippen LogP) is 5.30. The zero-order valence-corrected chi connectivity index (χ0v) is 28.6. The van der Waals surface area contributed by atoms with E-state index < -0.39 is 22.4 Å². The van der Waals surface area contributed by atoms with Crippen LogP contribution in [0.1, 0.15) is 122 Å². The molecule has 0 aliphatic rings. The summed E-state index contributed by atoms with van der Waals surface area (Å²) < 4.78 is 21.8. The van der Waals surface area contributed by atoms with Gasteiger partial charge in [0.05, 0.1) is 25.7 Å². The Morgan fingerprint density at radius 3 is 0.738 bits per heavy atom. The van der Waals surface area contributed by atoms with Gasteiger partial charge < -0.3 is 28.7 Å². The lowest BCUT2D eigenvalue weighted by Crippen LogP contribution is -2.35. The Morgan fingerprint density at radius 2 is 0.571 bits per heavy atom. The minimum atomic E-state index is -0.555. The fourth-order valence-corrected chi connectivity index (χ4v) is 3.91. The zero-order valence-electron chi connectivity index (χ0n) is 28.6.